The van der Waals surface area contributed by atoms with Crippen LogP contribution in [0.5, 0.6) is 0 Å². The van der Waals surface area contributed by atoms with Crippen LogP contribution in [0.15, 0.2) is 30.3 Å². The number of carbonyl (C=O) groups is 1. The van der Waals surface area contributed by atoms with Crippen molar-refractivity contribution in [3.63, 3.8) is 0 Å². The highest BCUT2D eigenvalue weighted by molar-refractivity contribution is 5.67. The first kappa shape index (κ1) is 13.1. The van der Waals surface area contributed by atoms with E-state index in [0.717, 1.165) is 31.4 Å². The van der Waals surface area contributed by atoms with Crippen LogP contribution in [0.1, 0.15) is 37.3 Å². The minimum Gasteiger partial charge on any atom is -0.481 e. The van der Waals surface area contributed by atoms with Crippen LogP contribution in [0.3, 0.4) is 0 Å². The summed E-state index contributed by atoms with van der Waals surface area (Å²) in [5, 5.41) is 18.8. The Hall–Kier alpha value is -1.39. The molecule has 0 aliphatic carbocycles. The molecule has 1 aromatic carbocycles. The van der Waals surface area contributed by atoms with E-state index in [1.807, 2.05) is 35.2 Å². The Morgan fingerprint density at radius 1 is 1.33 bits per heavy atom. The molecule has 4 nitrogen and oxygen atoms in total. The molecule has 0 aromatic heterocycles. The molecule has 0 amide bonds. The van der Waals surface area contributed by atoms with E-state index in [1.165, 1.54) is 0 Å². The smallest absolute Gasteiger partial charge is 0.307 e. The number of hydrogen-bond donors (Lipinski definition) is 2. The molecule has 1 heterocycles. The van der Waals surface area contributed by atoms with Crippen molar-refractivity contribution < 1.29 is 15.0 Å². The van der Waals surface area contributed by atoms with Gasteiger partial charge in [-0.05, 0) is 18.4 Å². The molecule has 98 valence electrons. The second kappa shape index (κ2) is 5.98. The van der Waals surface area contributed by atoms with E-state index >= 15 is 0 Å². The van der Waals surface area contributed by atoms with Crippen molar-refractivity contribution in [2.75, 3.05) is 6.54 Å². The summed E-state index contributed by atoms with van der Waals surface area (Å²) in [6.07, 6.45) is 1.99. The molecule has 0 spiro atoms. The average Bonchev–Trinajstić information content (AvgIpc) is 2.39. The van der Waals surface area contributed by atoms with Gasteiger partial charge in [-0.1, -0.05) is 36.8 Å². The molecular formula is C14H19NO3. The Morgan fingerprint density at radius 2 is 2.06 bits per heavy atom. The molecule has 18 heavy (non-hydrogen) atoms. The SMILES string of the molecule is O=C(O)CC(O)N1CCCCC1c1ccccc1. The van der Waals surface area contributed by atoms with Gasteiger partial charge in [-0.15, -0.1) is 0 Å². The molecular weight excluding hydrogens is 230 g/mol. The first-order valence-electron chi connectivity index (χ1n) is 6.39. The maximum absolute atomic E-state index is 10.7. The Kier molecular flexibility index (Phi) is 4.33. The lowest BCUT2D eigenvalue weighted by Gasteiger charge is -2.38. The minimum atomic E-state index is -0.958. The fourth-order valence-electron chi connectivity index (χ4n) is 2.62. The van der Waals surface area contributed by atoms with Gasteiger partial charge in [0.25, 0.3) is 0 Å². The Bertz CT molecular complexity index is 393. The number of aliphatic carboxylic acids is 1. The number of piperidine rings is 1. The second-order valence-electron chi connectivity index (χ2n) is 4.74. The Labute approximate surface area is 107 Å². The first-order valence-corrected chi connectivity index (χ1v) is 6.39. The zero-order valence-corrected chi connectivity index (χ0v) is 10.3. The number of rotatable bonds is 4. The maximum atomic E-state index is 10.7. The van der Waals surface area contributed by atoms with Crippen molar-refractivity contribution in [3.8, 4) is 0 Å². The fraction of sp³-hybridized carbons (Fsp3) is 0.500. The summed E-state index contributed by atoms with van der Waals surface area (Å²) < 4.78 is 0. The van der Waals surface area contributed by atoms with Crippen LogP contribution in [0, 0.1) is 0 Å². The summed E-state index contributed by atoms with van der Waals surface area (Å²) in [6.45, 7) is 0.758. The number of carboxylic acid groups (broad SMARTS) is 1. The topological polar surface area (TPSA) is 60.8 Å². The third-order valence-electron chi connectivity index (χ3n) is 3.47. The molecule has 4 heteroatoms. The number of carboxylic acids is 1. The molecule has 2 N–H and O–H groups in total. The molecule has 0 saturated carbocycles. The largest absolute Gasteiger partial charge is 0.481 e. The van der Waals surface area contributed by atoms with Crippen LogP contribution < -0.4 is 0 Å². The van der Waals surface area contributed by atoms with Gasteiger partial charge in [0.1, 0.15) is 6.23 Å². The lowest BCUT2D eigenvalue weighted by atomic mass is 9.94. The number of benzene rings is 1. The molecule has 2 atom stereocenters. The summed E-state index contributed by atoms with van der Waals surface area (Å²) in [5.74, 6) is -0.958. The number of aliphatic hydroxyl groups excluding tert-OH is 1. The summed E-state index contributed by atoms with van der Waals surface area (Å²) in [7, 11) is 0. The highest BCUT2D eigenvalue weighted by Gasteiger charge is 2.29. The van der Waals surface area contributed by atoms with Gasteiger partial charge in [-0.25, -0.2) is 0 Å². The van der Waals surface area contributed by atoms with Crippen molar-refractivity contribution in [3.05, 3.63) is 35.9 Å². The van der Waals surface area contributed by atoms with Gasteiger partial charge in [0.2, 0.25) is 0 Å². The van der Waals surface area contributed by atoms with E-state index in [-0.39, 0.29) is 12.5 Å². The van der Waals surface area contributed by atoms with Gasteiger partial charge in [0.05, 0.1) is 6.42 Å². The highest BCUT2D eigenvalue weighted by Crippen LogP contribution is 2.32. The van der Waals surface area contributed by atoms with Crippen LogP contribution >= 0.6 is 0 Å². The Morgan fingerprint density at radius 3 is 2.72 bits per heavy atom. The van der Waals surface area contributed by atoms with Gasteiger partial charge in [-0.2, -0.15) is 0 Å². The molecule has 0 radical (unpaired) electrons. The fourth-order valence-corrected chi connectivity index (χ4v) is 2.62. The Balaban J connectivity index is 2.13. The van der Waals surface area contributed by atoms with Crippen molar-refractivity contribution >= 4 is 5.97 Å². The van der Waals surface area contributed by atoms with E-state index < -0.39 is 12.2 Å². The van der Waals surface area contributed by atoms with E-state index in [2.05, 4.69) is 0 Å². The maximum Gasteiger partial charge on any atom is 0.307 e. The number of nitrogens with zero attached hydrogens (tertiary/aromatic N) is 1. The van der Waals surface area contributed by atoms with Gasteiger partial charge < -0.3 is 10.2 Å². The lowest BCUT2D eigenvalue weighted by Crippen LogP contribution is -2.42. The van der Waals surface area contributed by atoms with Crippen LogP contribution in [-0.4, -0.2) is 33.9 Å². The van der Waals surface area contributed by atoms with Crippen molar-refractivity contribution in [2.45, 2.75) is 38.0 Å². The van der Waals surface area contributed by atoms with Crippen molar-refractivity contribution in [1.29, 1.82) is 0 Å². The highest BCUT2D eigenvalue weighted by atomic mass is 16.4. The molecule has 2 unspecified atom stereocenters. The quantitative estimate of drug-likeness (QED) is 0.857. The van der Waals surface area contributed by atoms with E-state index in [4.69, 9.17) is 5.11 Å². The average molecular weight is 249 g/mol. The predicted octanol–water partition coefficient (Wildman–Crippen LogP) is 2.01. The van der Waals surface area contributed by atoms with Gasteiger partial charge in [-0.3, -0.25) is 9.69 Å². The molecule has 1 aliphatic rings. The zero-order chi connectivity index (χ0) is 13.0. The summed E-state index contributed by atoms with van der Waals surface area (Å²) in [6, 6.07) is 10.1. The van der Waals surface area contributed by atoms with Gasteiger partial charge >= 0.3 is 5.97 Å². The van der Waals surface area contributed by atoms with E-state index in [0.29, 0.717) is 0 Å². The predicted molar refractivity (Wildman–Crippen MR) is 68.0 cm³/mol. The van der Waals surface area contributed by atoms with E-state index in [1.54, 1.807) is 0 Å². The van der Waals surface area contributed by atoms with Crippen LogP contribution in [0.25, 0.3) is 0 Å². The monoisotopic (exact) mass is 249 g/mol. The molecule has 2 rings (SSSR count). The van der Waals surface area contributed by atoms with Crippen LogP contribution in [0.2, 0.25) is 0 Å². The van der Waals surface area contributed by atoms with Crippen molar-refractivity contribution in [1.82, 2.24) is 4.90 Å². The number of hydrogen-bond acceptors (Lipinski definition) is 3. The lowest BCUT2D eigenvalue weighted by molar-refractivity contribution is -0.144. The van der Waals surface area contributed by atoms with Crippen LogP contribution in [-0.2, 0) is 4.79 Å². The minimum absolute atomic E-state index is 0.134. The number of likely N-dealkylation sites (tertiary alicyclic amines) is 1. The summed E-state index contributed by atoms with van der Waals surface area (Å²) in [4.78, 5) is 12.6. The third-order valence-corrected chi connectivity index (χ3v) is 3.47. The van der Waals surface area contributed by atoms with Crippen molar-refractivity contribution in [2.24, 2.45) is 0 Å². The first-order chi connectivity index (χ1) is 8.68. The summed E-state index contributed by atoms with van der Waals surface area (Å²) >= 11 is 0. The third kappa shape index (κ3) is 3.09. The van der Waals surface area contributed by atoms with Gasteiger partial charge in [0.15, 0.2) is 0 Å². The molecule has 1 fully saturated rings. The summed E-state index contributed by atoms with van der Waals surface area (Å²) in [5.41, 5.74) is 1.15. The molecule has 1 aromatic rings. The standard InChI is InChI=1S/C14H19NO3/c16-13(10-14(17)18)15-9-5-4-8-12(15)11-6-2-1-3-7-11/h1-3,6-7,12-13,16H,4-5,8-10H2,(H,17,18). The van der Waals surface area contributed by atoms with Gasteiger partial charge in [0, 0.05) is 12.6 Å². The molecule has 1 aliphatic heterocycles. The van der Waals surface area contributed by atoms with E-state index in [9.17, 15) is 9.90 Å². The number of aliphatic hydroxyl groups is 1. The normalized spacial score (nSPS) is 22.6. The molecule has 0 bridgehead atoms. The second-order valence-corrected chi connectivity index (χ2v) is 4.74. The zero-order valence-electron chi connectivity index (χ0n) is 10.3. The molecule has 1 saturated heterocycles. The van der Waals surface area contributed by atoms with Crippen LogP contribution in [0.4, 0.5) is 0 Å².